The number of esters is 1. The number of nitrogens with one attached hydrogen (secondary N) is 1. The lowest BCUT2D eigenvalue weighted by Gasteiger charge is -2.27. The second-order valence-electron chi connectivity index (χ2n) is 7.46. The zero-order valence-electron chi connectivity index (χ0n) is 18.3. The Morgan fingerprint density at radius 3 is 2.75 bits per heavy atom. The van der Waals surface area contributed by atoms with Crippen molar-refractivity contribution >= 4 is 17.7 Å². The highest BCUT2D eigenvalue weighted by atomic mass is 32.2. The molecular formula is C24H29N3O4S. The van der Waals surface area contributed by atoms with Gasteiger partial charge >= 0.3 is 5.97 Å². The van der Waals surface area contributed by atoms with Gasteiger partial charge < -0.3 is 20.2 Å². The molecule has 0 amide bonds. The third-order valence-corrected chi connectivity index (χ3v) is 5.99. The maximum Gasteiger partial charge on any atom is 0.340 e. The van der Waals surface area contributed by atoms with Crippen molar-refractivity contribution < 1.29 is 14.3 Å². The van der Waals surface area contributed by atoms with Crippen LogP contribution in [0.4, 0.5) is 0 Å². The Morgan fingerprint density at radius 2 is 2.03 bits per heavy atom. The van der Waals surface area contributed by atoms with E-state index in [1.54, 1.807) is 6.08 Å². The number of thioether (sulfide) groups is 1. The molecule has 0 aliphatic carbocycles. The van der Waals surface area contributed by atoms with E-state index in [-0.39, 0.29) is 28.5 Å². The Bertz CT molecular complexity index is 1030. The number of hydrogen-bond donors (Lipinski definition) is 2. The van der Waals surface area contributed by atoms with Gasteiger partial charge in [-0.15, -0.1) is 6.58 Å². The molecular weight excluding hydrogens is 426 g/mol. The Hall–Kier alpha value is -3.00. The molecule has 0 radical (unpaired) electrons. The second-order valence-corrected chi connectivity index (χ2v) is 8.47. The summed E-state index contributed by atoms with van der Waals surface area (Å²) in [6.07, 6.45) is 6.90. The van der Waals surface area contributed by atoms with Gasteiger partial charge in [0.05, 0.1) is 18.1 Å². The fraction of sp³-hybridized carbons (Fsp3) is 0.375. The minimum atomic E-state index is -0.734. The average molecular weight is 456 g/mol. The zero-order chi connectivity index (χ0) is 22.9. The van der Waals surface area contributed by atoms with Gasteiger partial charge in [0, 0.05) is 5.75 Å². The molecule has 3 N–H and O–H groups in total. The van der Waals surface area contributed by atoms with Crippen molar-refractivity contribution in [1.82, 2.24) is 9.97 Å². The van der Waals surface area contributed by atoms with Crippen LogP contribution in [0, 0.1) is 0 Å². The number of nitrogens with zero attached hydrogens (tertiary/aromatic N) is 1. The van der Waals surface area contributed by atoms with Crippen LogP contribution in [0.3, 0.4) is 0 Å². The fourth-order valence-corrected chi connectivity index (χ4v) is 4.16. The lowest BCUT2D eigenvalue weighted by atomic mass is 9.84. The summed E-state index contributed by atoms with van der Waals surface area (Å²) in [7, 11) is 0. The summed E-state index contributed by atoms with van der Waals surface area (Å²) in [6, 6.07) is 9.22. The van der Waals surface area contributed by atoms with E-state index in [2.05, 4.69) is 23.5 Å². The summed E-state index contributed by atoms with van der Waals surface area (Å²) < 4.78 is 11.2. The molecule has 7 nitrogen and oxygen atoms in total. The first-order valence-electron chi connectivity index (χ1n) is 10.8. The molecule has 0 fully saturated rings. The number of benzene rings is 1. The van der Waals surface area contributed by atoms with Crippen molar-refractivity contribution in [2.24, 2.45) is 5.73 Å². The number of fused-ring (bicyclic) bond motifs is 1. The molecule has 0 saturated heterocycles. The van der Waals surface area contributed by atoms with E-state index >= 15 is 0 Å². The number of aromatic nitrogens is 2. The minimum absolute atomic E-state index is 0.0971. The van der Waals surface area contributed by atoms with Crippen LogP contribution >= 0.6 is 11.8 Å². The van der Waals surface area contributed by atoms with Gasteiger partial charge in [0.1, 0.15) is 5.57 Å². The molecule has 1 atom stereocenters. The third kappa shape index (κ3) is 5.62. The van der Waals surface area contributed by atoms with Gasteiger partial charge in [-0.25, -0.2) is 4.79 Å². The molecule has 2 heterocycles. The fourth-order valence-electron chi connectivity index (χ4n) is 3.57. The van der Waals surface area contributed by atoms with Gasteiger partial charge in [0.25, 0.3) is 5.56 Å². The minimum Gasteiger partial charge on any atom is -0.462 e. The molecule has 1 aromatic heterocycles. The molecule has 1 aromatic carbocycles. The van der Waals surface area contributed by atoms with Crippen molar-refractivity contribution in [3.05, 3.63) is 75.9 Å². The molecule has 1 aliphatic heterocycles. The molecule has 0 spiro atoms. The van der Waals surface area contributed by atoms with Crippen LogP contribution in [0.25, 0.3) is 0 Å². The van der Waals surface area contributed by atoms with Gasteiger partial charge in [-0.3, -0.25) is 4.79 Å². The van der Waals surface area contributed by atoms with E-state index in [1.807, 2.05) is 30.3 Å². The van der Waals surface area contributed by atoms with Crippen molar-refractivity contribution in [2.45, 2.75) is 50.1 Å². The van der Waals surface area contributed by atoms with Crippen LogP contribution in [-0.2, 0) is 9.53 Å². The zero-order valence-corrected chi connectivity index (χ0v) is 19.1. The van der Waals surface area contributed by atoms with Crippen molar-refractivity contribution in [1.29, 1.82) is 0 Å². The van der Waals surface area contributed by atoms with Crippen molar-refractivity contribution in [2.75, 3.05) is 12.4 Å². The third-order valence-electron chi connectivity index (χ3n) is 5.12. The van der Waals surface area contributed by atoms with Crippen LogP contribution in [0.2, 0.25) is 0 Å². The number of aromatic amines is 1. The summed E-state index contributed by atoms with van der Waals surface area (Å²) in [5.41, 5.74) is 6.88. The first-order valence-corrected chi connectivity index (χ1v) is 11.8. The quantitative estimate of drug-likeness (QED) is 0.171. The first-order chi connectivity index (χ1) is 15.6. The summed E-state index contributed by atoms with van der Waals surface area (Å²) >= 11 is 1.32. The number of rotatable bonds is 11. The molecule has 2 aromatic rings. The topological polar surface area (TPSA) is 107 Å². The van der Waals surface area contributed by atoms with Gasteiger partial charge in [0.15, 0.2) is 5.16 Å². The largest absolute Gasteiger partial charge is 0.462 e. The van der Waals surface area contributed by atoms with E-state index in [0.29, 0.717) is 17.5 Å². The highest BCUT2D eigenvalue weighted by Gasteiger charge is 2.38. The van der Waals surface area contributed by atoms with Gasteiger partial charge in [-0.2, -0.15) is 4.98 Å². The smallest absolute Gasteiger partial charge is 0.340 e. The molecule has 0 saturated carbocycles. The van der Waals surface area contributed by atoms with E-state index < -0.39 is 11.9 Å². The standard InChI is InChI=1S/C24H29N3O4S/c1-3-5-6-7-11-14-30-23(29)18-17(16-12-9-8-10-13-16)19-21(28)26-24(32-15-4-2)27-22(19)31-20(18)25/h4,8-10,12-13,17H,2-3,5-7,11,14-15,25H2,1H3,(H,26,27,28). The lowest BCUT2D eigenvalue weighted by Crippen LogP contribution is -2.32. The van der Waals surface area contributed by atoms with Crippen LogP contribution in [0.1, 0.15) is 56.1 Å². The molecule has 32 heavy (non-hydrogen) atoms. The Morgan fingerprint density at radius 1 is 1.28 bits per heavy atom. The summed E-state index contributed by atoms with van der Waals surface area (Å²) in [6.45, 7) is 6.11. The van der Waals surface area contributed by atoms with Gasteiger partial charge in [-0.05, 0) is 12.0 Å². The number of hydrogen-bond acceptors (Lipinski definition) is 7. The van der Waals surface area contributed by atoms with Gasteiger partial charge in [0.2, 0.25) is 11.8 Å². The molecule has 1 unspecified atom stereocenters. The normalized spacial score (nSPS) is 15.1. The monoisotopic (exact) mass is 455 g/mol. The maximum absolute atomic E-state index is 13.0. The highest BCUT2D eigenvalue weighted by Crippen LogP contribution is 2.40. The Kier molecular flexibility index (Phi) is 8.56. The predicted octanol–water partition coefficient (Wildman–Crippen LogP) is 4.26. The molecule has 1 aliphatic rings. The number of nitrogens with two attached hydrogens (primary N) is 1. The van der Waals surface area contributed by atoms with E-state index in [0.717, 1.165) is 37.7 Å². The Labute approximate surface area is 192 Å². The molecule has 8 heteroatoms. The highest BCUT2D eigenvalue weighted by molar-refractivity contribution is 7.99. The van der Waals surface area contributed by atoms with Gasteiger partial charge in [-0.1, -0.05) is 80.8 Å². The molecule has 170 valence electrons. The van der Waals surface area contributed by atoms with Crippen LogP contribution in [-0.4, -0.2) is 28.3 Å². The number of ether oxygens (including phenoxy) is 2. The van der Waals surface area contributed by atoms with Crippen LogP contribution in [0.5, 0.6) is 5.88 Å². The van der Waals surface area contributed by atoms with E-state index in [1.165, 1.54) is 11.8 Å². The number of carbonyl (C=O) groups is 1. The summed E-state index contributed by atoms with van der Waals surface area (Å²) in [4.78, 5) is 33.2. The van der Waals surface area contributed by atoms with E-state index in [9.17, 15) is 9.59 Å². The Balaban J connectivity index is 1.92. The second kappa shape index (κ2) is 11.6. The number of carbonyl (C=O) groups excluding carboxylic acids is 1. The number of unbranched alkanes of at least 4 members (excludes halogenated alkanes) is 4. The first kappa shape index (κ1) is 23.7. The molecule has 0 bridgehead atoms. The lowest BCUT2D eigenvalue weighted by molar-refractivity contribution is -0.139. The van der Waals surface area contributed by atoms with Crippen molar-refractivity contribution in [3.8, 4) is 5.88 Å². The average Bonchev–Trinajstić information content (AvgIpc) is 2.79. The van der Waals surface area contributed by atoms with Crippen LogP contribution in [0.15, 0.2) is 64.4 Å². The molecule has 3 rings (SSSR count). The maximum atomic E-state index is 13.0. The van der Waals surface area contributed by atoms with E-state index in [4.69, 9.17) is 15.2 Å². The SMILES string of the molecule is C=CCSc1nc2c(c(=O)[nH]1)C(c1ccccc1)C(C(=O)OCCCCCCC)=C(N)O2. The predicted molar refractivity (Wildman–Crippen MR) is 126 cm³/mol. The van der Waals surface area contributed by atoms with Crippen molar-refractivity contribution in [3.63, 3.8) is 0 Å². The summed E-state index contributed by atoms with van der Waals surface area (Å²) in [5.74, 6) is -0.738. The summed E-state index contributed by atoms with van der Waals surface area (Å²) in [5, 5.41) is 0.395. The van der Waals surface area contributed by atoms with Crippen LogP contribution < -0.4 is 16.0 Å². The number of H-pyrrole nitrogens is 1.